The van der Waals surface area contributed by atoms with Gasteiger partial charge in [0.2, 0.25) is 0 Å². The van der Waals surface area contributed by atoms with Crippen LogP contribution in [0.25, 0.3) is 11.4 Å². The molecule has 1 unspecified atom stereocenters. The number of imidazole rings is 1. The van der Waals surface area contributed by atoms with Crippen LogP contribution in [-0.4, -0.2) is 9.55 Å². The number of aryl methyl sites for hydroxylation is 1. The third-order valence-electron chi connectivity index (χ3n) is 3.72. The average molecular weight is 226 g/mol. The van der Waals surface area contributed by atoms with Crippen LogP contribution in [-0.2, 0) is 6.54 Å². The molecule has 2 aromatic rings. The average Bonchev–Trinajstić information content (AvgIpc) is 2.75. The molecule has 2 heteroatoms. The third-order valence-corrected chi connectivity index (χ3v) is 3.72. The highest BCUT2D eigenvalue weighted by molar-refractivity contribution is 5.57. The van der Waals surface area contributed by atoms with Crippen molar-refractivity contribution in [2.75, 3.05) is 0 Å². The Balaban J connectivity index is 2.07. The van der Waals surface area contributed by atoms with E-state index in [0.29, 0.717) is 5.92 Å². The summed E-state index contributed by atoms with van der Waals surface area (Å²) in [6, 6.07) is 8.65. The largest absolute Gasteiger partial charge is 0.328 e. The van der Waals surface area contributed by atoms with Gasteiger partial charge < -0.3 is 4.57 Å². The second kappa shape index (κ2) is 4.02. The number of nitrogens with zero attached hydrogens (tertiary/aromatic N) is 2. The molecular formula is C15H18N2. The number of rotatable bonds is 1. The molecule has 0 N–H and O–H groups in total. The first-order valence-corrected chi connectivity index (χ1v) is 6.38. The van der Waals surface area contributed by atoms with Gasteiger partial charge in [0.1, 0.15) is 5.82 Å². The summed E-state index contributed by atoms with van der Waals surface area (Å²) >= 11 is 0. The molecule has 0 saturated carbocycles. The van der Waals surface area contributed by atoms with Crippen molar-refractivity contribution in [2.24, 2.45) is 0 Å². The molecule has 2 heterocycles. The Morgan fingerprint density at radius 3 is 2.76 bits per heavy atom. The molecule has 17 heavy (non-hydrogen) atoms. The van der Waals surface area contributed by atoms with E-state index in [1.165, 1.54) is 29.7 Å². The van der Waals surface area contributed by atoms with E-state index in [1.54, 1.807) is 0 Å². The molecule has 0 aliphatic carbocycles. The molecule has 1 aromatic heterocycles. The van der Waals surface area contributed by atoms with Gasteiger partial charge in [-0.3, -0.25) is 0 Å². The zero-order valence-corrected chi connectivity index (χ0v) is 10.5. The predicted molar refractivity (Wildman–Crippen MR) is 70.0 cm³/mol. The van der Waals surface area contributed by atoms with Crippen molar-refractivity contribution in [1.29, 1.82) is 0 Å². The van der Waals surface area contributed by atoms with Crippen LogP contribution >= 0.6 is 0 Å². The number of aromatic nitrogens is 2. The zero-order chi connectivity index (χ0) is 11.8. The van der Waals surface area contributed by atoms with Crippen molar-refractivity contribution in [3.8, 4) is 11.4 Å². The molecule has 0 amide bonds. The van der Waals surface area contributed by atoms with Crippen molar-refractivity contribution in [3.05, 3.63) is 41.7 Å². The first-order valence-electron chi connectivity index (χ1n) is 6.38. The van der Waals surface area contributed by atoms with E-state index >= 15 is 0 Å². The van der Waals surface area contributed by atoms with Crippen LogP contribution in [0.15, 0.2) is 30.5 Å². The summed E-state index contributed by atoms with van der Waals surface area (Å²) in [7, 11) is 0. The summed E-state index contributed by atoms with van der Waals surface area (Å²) in [4.78, 5) is 4.61. The fourth-order valence-corrected chi connectivity index (χ4v) is 2.65. The van der Waals surface area contributed by atoms with E-state index in [-0.39, 0.29) is 0 Å². The second-order valence-electron chi connectivity index (χ2n) is 5.07. The minimum atomic E-state index is 0.649. The van der Waals surface area contributed by atoms with E-state index in [0.717, 1.165) is 12.4 Å². The van der Waals surface area contributed by atoms with Crippen LogP contribution < -0.4 is 0 Å². The first kappa shape index (κ1) is 10.6. The highest BCUT2D eigenvalue weighted by atomic mass is 15.1. The summed E-state index contributed by atoms with van der Waals surface area (Å²) in [5, 5.41) is 0. The molecule has 1 aliphatic rings. The quantitative estimate of drug-likeness (QED) is 0.724. The topological polar surface area (TPSA) is 17.8 Å². The van der Waals surface area contributed by atoms with E-state index in [9.17, 15) is 0 Å². The second-order valence-corrected chi connectivity index (χ2v) is 5.07. The van der Waals surface area contributed by atoms with Crippen LogP contribution in [0, 0.1) is 6.92 Å². The summed E-state index contributed by atoms with van der Waals surface area (Å²) in [6.07, 6.45) is 4.61. The molecule has 0 spiro atoms. The van der Waals surface area contributed by atoms with E-state index in [4.69, 9.17) is 0 Å². The molecule has 1 aromatic carbocycles. The van der Waals surface area contributed by atoms with Crippen molar-refractivity contribution < 1.29 is 0 Å². The molecule has 88 valence electrons. The van der Waals surface area contributed by atoms with Gasteiger partial charge in [-0.2, -0.15) is 0 Å². The Morgan fingerprint density at radius 2 is 2.00 bits per heavy atom. The van der Waals surface area contributed by atoms with Gasteiger partial charge in [0.05, 0.1) is 0 Å². The van der Waals surface area contributed by atoms with Gasteiger partial charge in [-0.25, -0.2) is 4.98 Å². The maximum Gasteiger partial charge on any atom is 0.140 e. The summed E-state index contributed by atoms with van der Waals surface area (Å²) < 4.78 is 2.39. The Morgan fingerprint density at radius 1 is 1.24 bits per heavy atom. The van der Waals surface area contributed by atoms with Crippen molar-refractivity contribution in [3.63, 3.8) is 0 Å². The summed E-state index contributed by atoms with van der Waals surface area (Å²) in [5.74, 6) is 1.78. The maximum atomic E-state index is 4.61. The number of hydrogen-bond acceptors (Lipinski definition) is 1. The lowest BCUT2D eigenvalue weighted by Gasteiger charge is -2.22. The van der Waals surface area contributed by atoms with E-state index in [1.807, 2.05) is 0 Å². The van der Waals surface area contributed by atoms with Gasteiger partial charge in [-0.15, -0.1) is 0 Å². The van der Waals surface area contributed by atoms with E-state index < -0.39 is 0 Å². The smallest absolute Gasteiger partial charge is 0.140 e. The van der Waals surface area contributed by atoms with Gasteiger partial charge >= 0.3 is 0 Å². The van der Waals surface area contributed by atoms with Gasteiger partial charge in [-0.05, 0) is 25.7 Å². The van der Waals surface area contributed by atoms with Gasteiger partial charge in [0.25, 0.3) is 0 Å². The monoisotopic (exact) mass is 226 g/mol. The van der Waals surface area contributed by atoms with Crippen molar-refractivity contribution in [1.82, 2.24) is 9.55 Å². The SMILES string of the molecule is Cc1ccc(-c2ncc3n2CCCC3C)cc1. The lowest BCUT2D eigenvalue weighted by molar-refractivity contribution is 0.478. The molecule has 1 aliphatic heterocycles. The van der Waals surface area contributed by atoms with Gasteiger partial charge in [-0.1, -0.05) is 36.8 Å². The highest BCUT2D eigenvalue weighted by Gasteiger charge is 2.20. The standard InChI is InChI=1S/C15H18N2/c1-11-5-7-13(8-6-11)15-16-10-14-12(2)4-3-9-17(14)15/h5-8,10,12H,3-4,9H2,1-2H3. The predicted octanol–water partition coefficient (Wildman–Crippen LogP) is 3.76. The van der Waals surface area contributed by atoms with Gasteiger partial charge in [0.15, 0.2) is 0 Å². The third kappa shape index (κ3) is 1.78. The van der Waals surface area contributed by atoms with Crippen molar-refractivity contribution in [2.45, 2.75) is 39.2 Å². The molecule has 0 bridgehead atoms. The van der Waals surface area contributed by atoms with Crippen LogP contribution in [0.2, 0.25) is 0 Å². The van der Waals surface area contributed by atoms with Crippen LogP contribution in [0.4, 0.5) is 0 Å². The Bertz CT molecular complexity index is 522. The Labute approximate surface area is 102 Å². The van der Waals surface area contributed by atoms with Crippen LogP contribution in [0.3, 0.4) is 0 Å². The molecule has 0 saturated heterocycles. The minimum Gasteiger partial charge on any atom is -0.328 e. The molecule has 1 atom stereocenters. The van der Waals surface area contributed by atoms with Crippen molar-refractivity contribution >= 4 is 0 Å². The first-order chi connectivity index (χ1) is 8.25. The Kier molecular flexibility index (Phi) is 2.50. The summed E-state index contributed by atoms with van der Waals surface area (Å²) in [5.41, 5.74) is 3.93. The number of hydrogen-bond donors (Lipinski definition) is 0. The maximum absolute atomic E-state index is 4.61. The molecular weight excluding hydrogens is 208 g/mol. The molecule has 3 rings (SSSR count). The lowest BCUT2D eigenvalue weighted by Crippen LogP contribution is -2.13. The zero-order valence-electron chi connectivity index (χ0n) is 10.5. The highest BCUT2D eigenvalue weighted by Crippen LogP contribution is 2.31. The fraction of sp³-hybridized carbons (Fsp3) is 0.400. The summed E-state index contributed by atoms with van der Waals surface area (Å²) in [6.45, 7) is 5.53. The van der Waals surface area contributed by atoms with Crippen LogP contribution in [0.5, 0.6) is 0 Å². The van der Waals surface area contributed by atoms with E-state index in [2.05, 4.69) is 53.9 Å². The Hall–Kier alpha value is -1.57. The molecule has 0 fully saturated rings. The number of benzene rings is 1. The number of fused-ring (bicyclic) bond motifs is 1. The molecule has 0 radical (unpaired) electrons. The lowest BCUT2D eigenvalue weighted by atomic mass is 9.98. The molecule has 2 nitrogen and oxygen atoms in total. The van der Waals surface area contributed by atoms with Crippen LogP contribution in [0.1, 0.15) is 36.9 Å². The minimum absolute atomic E-state index is 0.649. The normalized spacial score (nSPS) is 19.1. The fourth-order valence-electron chi connectivity index (χ4n) is 2.65. The van der Waals surface area contributed by atoms with Gasteiger partial charge in [0, 0.05) is 24.0 Å².